The summed E-state index contributed by atoms with van der Waals surface area (Å²) >= 11 is 0. The van der Waals surface area contributed by atoms with Crippen LogP contribution in [-0.4, -0.2) is 18.9 Å². The van der Waals surface area contributed by atoms with Gasteiger partial charge >= 0.3 is 0 Å². The summed E-state index contributed by atoms with van der Waals surface area (Å²) in [6, 6.07) is 6.63. The first-order chi connectivity index (χ1) is 9.20. The average Bonchev–Trinajstić information content (AvgIpc) is 2.61. The highest BCUT2D eigenvalue weighted by Crippen LogP contribution is 2.24. The van der Waals surface area contributed by atoms with Crippen molar-refractivity contribution in [2.45, 2.75) is 39.0 Å². The molecule has 0 radical (unpaired) electrons. The van der Waals surface area contributed by atoms with Crippen LogP contribution in [0.15, 0.2) is 24.3 Å². The molecule has 0 saturated heterocycles. The first kappa shape index (κ1) is 14.0. The Hall–Kier alpha value is -1.38. The number of rotatable bonds is 4. The summed E-state index contributed by atoms with van der Waals surface area (Å²) in [6.45, 7) is 3.57. The molecule has 0 spiro atoms. The quantitative estimate of drug-likeness (QED) is 0.770. The molecule has 1 aliphatic rings. The van der Waals surface area contributed by atoms with Crippen LogP contribution in [0.3, 0.4) is 0 Å². The van der Waals surface area contributed by atoms with E-state index in [1.54, 1.807) is 12.1 Å². The molecule has 0 aromatic heterocycles. The van der Waals surface area contributed by atoms with Gasteiger partial charge in [-0.15, -0.1) is 0 Å². The van der Waals surface area contributed by atoms with Crippen LogP contribution in [0.25, 0.3) is 0 Å². The molecule has 0 bridgehead atoms. The van der Waals surface area contributed by atoms with Crippen LogP contribution in [0.1, 0.15) is 39.0 Å². The molecule has 3 heteroatoms. The molecule has 1 aliphatic carbocycles. The van der Waals surface area contributed by atoms with Crippen LogP contribution in [0, 0.1) is 11.7 Å². The van der Waals surface area contributed by atoms with Gasteiger partial charge in [-0.1, -0.05) is 18.9 Å². The van der Waals surface area contributed by atoms with Gasteiger partial charge in [0.25, 0.3) is 0 Å². The SMILES string of the molecule is CCN(CC1CCCCCC1=O)c1cccc(F)c1. The molecule has 104 valence electrons. The zero-order valence-corrected chi connectivity index (χ0v) is 11.6. The van der Waals surface area contributed by atoms with E-state index in [0.29, 0.717) is 12.2 Å². The fraction of sp³-hybridized carbons (Fsp3) is 0.562. The van der Waals surface area contributed by atoms with E-state index in [9.17, 15) is 9.18 Å². The molecule has 0 heterocycles. The fourth-order valence-electron chi connectivity index (χ4n) is 2.78. The molecule has 19 heavy (non-hydrogen) atoms. The highest BCUT2D eigenvalue weighted by molar-refractivity contribution is 5.81. The minimum atomic E-state index is -0.219. The minimum Gasteiger partial charge on any atom is -0.371 e. The molecule has 2 rings (SSSR count). The van der Waals surface area contributed by atoms with E-state index in [4.69, 9.17) is 0 Å². The van der Waals surface area contributed by atoms with E-state index in [2.05, 4.69) is 4.90 Å². The van der Waals surface area contributed by atoms with Crippen LogP contribution in [0.4, 0.5) is 10.1 Å². The van der Waals surface area contributed by atoms with Gasteiger partial charge in [-0.3, -0.25) is 4.79 Å². The lowest BCUT2D eigenvalue weighted by molar-refractivity contribution is -0.122. The smallest absolute Gasteiger partial charge is 0.137 e. The molecule has 1 aromatic carbocycles. The predicted molar refractivity (Wildman–Crippen MR) is 75.9 cm³/mol. The molecule has 0 N–H and O–H groups in total. The maximum Gasteiger partial charge on any atom is 0.137 e. The summed E-state index contributed by atoms with van der Waals surface area (Å²) in [7, 11) is 0. The normalized spacial score (nSPS) is 20.1. The van der Waals surface area contributed by atoms with Gasteiger partial charge in [-0.25, -0.2) is 4.39 Å². The Morgan fingerprint density at radius 1 is 1.32 bits per heavy atom. The van der Waals surface area contributed by atoms with E-state index in [1.807, 2.05) is 13.0 Å². The molecule has 1 saturated carbocycles. The standard InChI is InChI=1S/C16H22FNO/c1-2-18(15-9-6-8-14(17)11-15)12-13-7-4-3-5-10-16(13)19/h6,8-9,11,13H,2-5,7,10,12H2,1H3. The Morgan fingerprint density at radius 2 is 2.16 bits per heavy atom. The summed E-state index contributed by atoms with van der Waals surface area (Å²) in [5, 5.41) is 0. The number of Topliss-reactive ketones (excluding diaryl/α,β-unsaturated/α-hetero) is 1. The number of benzene rings is 1. The number of ketones is 1. The zero-order valence-electron chi connectivity index (χ0n) is 11.6. The van der Waals surface area contributed by atoms with Crippen molar-refractivity contribution >= 4 is 11.5 Å². The topological polar surface area (TPSA) is 20.3 Å². The van der Waals surface area contributed by atoms with Crippen molar-refractivity contribution in [2.24, 2.45) is 5.92 Å². The maximum absolute atomic E-state index is 13.3. The van der Waals surface area contributed by atoms with Crippen molar-refractivity contribution in [2.75, 3.05) is 18.0 Å². The highest BCUT2D eigenvalue weighted by atomic mass is 19.1. The number of carbonyl (C=O) groups is 1. The Labute approximate surface area is 114 Å². The van der Waals surface area contributed by atoms with Crippen LogP contribution < -0.4 is 4.90 Å². The zero-order chi connectivity index (χ0) is 13.7. The third kappa shape index (κ3) is 3.79. The highest BCUT2D eigenvalue weighted by Gasteiger charge is 2.23. The summed E-state index contributed by atoms with van der Waals surface area (Å²) in [6.07, 6.45) is 5.02. The van der Waals surface area contributed by atoms with Crippen molar-refractivity contribution < 1.29 is 9.18 Å². The Bertz CT molecular complexity index is 433. The summed E-state index contributed by atoms with van der Waals surface area (Å²) < 4.78 is 13.3. The van der Waals surface area contributed by atoms with Gasteiger partial charge in [0, 0.05) is 31.1 Å². The first-order valence-electron chi connectivity index (χ1n) is 7.24. The monoisotopic (exact) mass is 263 g/mol. The van der Waals surface area contributed by atoms with Gasteiger partial charge in [0.2, 0.25) is 0 Å². The van der Waals surface area contributed by atoms with Crippen molar-refractivity contribution in [3.8, 4) is 0 Å². The molecule has 1 atom stereocenters. The number of carbonyl (C=O) groups excluding carboxylic acids is 1. The number of halogens is 1. The Morgan fingerprint density at radius 3 is 2.89 bits per heavy atom. The molecule has 1 aromatic rings. The van der Waals surface area contributed by atoms with E-state index >= 15 is 0 Å². The average molecular weight is 263 g/mol. The lowest BCUT2D eigenvalue weighted by atomic mass is 9.98. The number of hydrogen-bond acceptors (Lipinski definition) is 2. The fourth-order valence-corrected chi connectivity index (χ4v) is 2.78. The number of anilines is 1. The predicted octanol–water partition coefficient (Wildman–Crippen LogP) is 3.80. The number of nitrogens with zero attached hydrogens (tertiary/aromatic N) is 1. The Balaban J connectivity index is 2.07. The molecular weight excluding hydrogens is 241 g/mol. The molecule has 0 aliphatic heterocycles. The van der Waals surface area contributed by atoms with Crippen LogP contribution in [0.2, 0.25) is 0 Å². The second kappa shape index (κ2) is 6.69. The molecule has 1 fully saturated rings. The van der Waals surface area contributed by atoms with Gasteiger partial charge < -0.3 is 4.90 Å². The van der Waals surface area contributed by atoms with Crippen LogP contribution >= 0.6 is 0 Å². The Kier molecular flexibility index (Phi) is 4.94. The van der Waals surface area contributed by atoms with Gasteiger partial charge in [-0.2, -0.15) is 0 Å². The van der Waals surface area contributed by atoms with Gasteiger partial charge in [-0.05, 0) is 38.0 Å². The summed E-state index contributed by atoms with van der Waals surface area (Å²) in [5.41, 5.74) is 0.875. The third-order valence-electron chi connectivity index (χ3n) is 3.93. The molecular formula is C16H22FNO. The lowest BCUT2D eigenvalue weighted by Gasteiger charge is -2.27. The van der Waals surface area contributed by atoms with E-state index in [1.165, 1.54) is 6.07 Å². The minimum absolute atomic E-state index is 0.116. The summed E-state index contributed by atoms with van der Waals surface area (Å²) in [5.74, 6) is 0.279. The second-order valence-corrected chi connectivity index (χ2v) is 5.28. The van der Waals surface area contributed by atoms with E-state index in [-0.39, 0.29) is 11.7 Å². The third-order valence-corrected chi connectivity index (χ3v) is 3.93. The van der Waals surface area contributed by atoms with Crippen LogP contribution in [-0.2, 0) is 4.79 Å². The summed E-state index contributed by atoms with van der Waals surface area (Å²) in [4.78, 5) is 14.2. The molecule has 1 unspecified atom stereocenters. The largest absolute Gasteiger partial charge is 0.371 e. The van der Waals surface area contributed by atoms with Gasteiger partial charge in [0.05, 0.1) is 0 Å². The van der Waals surface area contributed by atoms with Crippen molar-refractivity contribution in [3.05, 3.63) is 30.1 Å². The second-order valence-electron chi connectivity index (χ2n) is 5.28. The van der Waals surface area contributed by atoms with Crippen LogP contribution in [0.5, 0.6) is 0 Å². The van der Waals surface area contributed by atoms with Gasteiger partial charge in [0.15, 0.2) is 0 Å². The first-order valence-corrected chi connectivity index (χ1v) is 7.24. The van der Waals surface area contributed by atoms with Crippen molar-refractivity contribution in [3.63, 3.8) is 0 Å². The maximum atomic E-state index is 13.3. The lowest BCUT2D eigenvalue weighted by Crippen LogP contribution is -2.32. The van der Waals surface area contributed by atoms with E-state index in [0.717, 1.165) is 44.5 Å². The van der Waals surface area contributed by atoms with Gasteiger partial charge in [0.1, 0.15) is 11.6 Å². The van der Waals surface area contributed by atoms with Crippen molar-refractivity contribution in [1.29, 1.82) is 0 Å². The number of hydrogen-bond donors (Lipinski definition) is 0. The van der Waals surface area contributed by atoms with E-state index < -0.39 is 0 Å². The van der Waals surface area contributed by atoms with Crippen molar-refractivity contribution in [1.82, 2.24) is 0 Å². The molecule has 2 nitrogen and oxygen atoms in total. The molecule has 0 amide bonds.